The van der Waals surface area contributed by atoms with E-state index < -0.39 is 5.54 Å². The predicted molar refractivity (Wildman–Crippen MR) is 73.8 cm³/mol. The van der Waals surface area contributed by atoms with Gasteiger partial charge in [-0.1, -0.05) is 18.2 Å². The second-order valence-corrected chi connectivity index (χ2v) is 5.54. The smallest absolute Gasteiger partial charge is 0.327 e. The van der Waals surface area contributed by atoms with Crippen molar-refractivity contribution in [2.24, 2.45) is 5.73 Å². The number of benzene rings is 1. The zero-order valence-corrected chi connectivity index (χ0v) is 11.1. The lowest BCUT2D eigenvalue weighted by atomic mass is 10.1. The Morgan fingerprint density at radius 2 is 2.21 bits per heavy atom. The molecule has 0 spiro atoms. The molecule has 1 aromatic heterocycles. The van der Waals surface area contributed by atoms with Crippen LogP contribution >= 0.6 is 0 Å². The molecule has 0 radical (unpaired) electrons. The molecule has 1 aliphatic carbocycles. The number of aromatic amines is 1. The molecule has 1 aromatic carbocycles. The zero-order valence-electron chi connectivity index (χ0n) is 11.1. The first-order valence-electron chi connectivity index (χ1n) is 6.58. The van der Waals surface area contributed by atoms with E-state index >= 15 is 0 Å². The van der Waals surface area contributed by atoms with Crippen LogP contribution in [0, 0.1) is 0 Å². The summed E-state index contributed by atoms with van der Waals surface area (Å²) in [6.45, 7) is 3.68. The lowest BCUT2D eigenvalue weighted by molar-refractivity contribution is -0.150. The number of hydrogen-bond acceptors (Lipinski definition) is 3. The highest BCUT2D eigenvalue weighted by Crippen LogP contribution is 2.52. The molecule has 4 heteroatoms. The molecule has 1 aliphatic rings. The largest absolute Gasteiger partial charge is 0.462 e. The monoisotopic (exact) mass is 258 g/mol. The van der Waals surface area contributed by atoms with Crippen LogP contribution in [0.3, 0.4) is 0 Å². The second kappa shape index (κ2) is 4.10. The molecule has 3 N–H and O–H groups in total. The summed E-state index contributed by atoms with van der Waals surface area (Å²) in [6.07, 6.45) is 2.48. The topological polar surface area (TPSA) is 68.1 Å². The van der Waals surface area contributed by atoms with Crippen LogP contribution in [0.2, 0.25) is 0 Å². The lowest BCUT2D eigenvalue weighted by Crippen LogP contribution is -2.37. The minimum atomic E-state index is -0.852. The number of ether oxygens (including phenoxy) is 1. The van der Waals surface area contributed by atoms with E-state index in [2.05, 4.69) is 4.98 Å². The van der Waals surface area contributed by atoms with Gasteiger partial charge in [-0.25, -0.2) is 0 Å². The maximum Gasteiger partial charge on any atom is 0.327 e. The van der Waals surface area contributed by atoms with Gasteiger partial charge in [-0.05, 0) is 31.9 Å². The van der Waals surface area contributed by atoms with Crippen LogP contribution in [0.4, 0.5) is 0 Å². The standard InChI is InChI=1S/C15H18N2O2/c1-9(2)19-14(18)15(16)7-12(15)11-8-17-13-6-4-3-5-10(11)13/h3-6,8-9,12,17H,7,16H2,1-2H3. The van der Waals surface area contributed by atoms with Crippen molar-refractivity contribution in [2.75, 3.05) is 0 Å². The van der Waals surface area contributed by atoms with Crippen molar-refractivity contribution < 1.29 is 9.53 Å². The van der Waals surface area contributed by atoms with Crippen LogP contribution in [-0.4, -0.2) is 22.6 Å². The summed E-state index contributed by atoms with van der Waals surface area (Å²) >= 11 is 0. The van der Waals surface area contributed by atoms with Gasteiger partial charge in [0.05, 0.1) is 6.10 Å². The molecule has 0 amide bonds. The van der Waals surface area contributed by atoms with Gasteiger partial charge in [-0.15, -0.1) is 0 Å². The van der Waals surface area contributed by atoms with Crippen molar-refractivity contribution >= 4 is 16.9 Å². The van der Waals surface area contributed by atoms with Crippen molar-refractivity contribution in [1.29, 1.82) is 0 Å². The number of fused-ring (bicyclic) bond motifs is 1. The van der Waals surface area contributed by atoms with Crippen LogP contribution in [0.25, 0.3) is 10.9 Å². The normalized spacial score (nSPS) is 25.8. The molecule has 4 nitrogen and oxygen atoms in total. The van der Waals surface area contributed by atoms with Gasteiger partial charge in [0.2, 0.25) is 0 Å². The third kappa shape index (κ3) is 1.92. The SMILES string of the molecule is CC(C)OC(=O)C1(N)CC1c1c[nH]c2ccccc12. The quantitative estimate of drug-likeness (QED) is 0.830. The van der Waals surface area contributed by atoms with Crippen LogP contribution < -0.4 is 5.73 Å². The molecular formula is C15H18N2O2. The molecular weight excluding hydrogens is 240 g/mol. The molecule has 19 heavy (non-hydrogen) atoms. The fraction of sp³-hybridized carbons (Fsp3) is 0.400. The van der Waals surface area contributed by atoms with Crippen LogP contribution in [-0.2, 0) is 9.53 Å². The van der Waals surface area contributed by atoms with Gasteiger partial charge in [0.15, 0.2) is 0 Å². The van der Waals surface area contributed by atoms with E-state index in [0.29, 0.717) is 6.42 Å². The van der Waals surface area contributed by atoms with Crippen molar-refractivity contribution in [3.8, 4) is 0 Å². The average molecular weight is 258 g/mol. The Morgan fingerprint density at radius 1 is 1.47 bits per heavy atom. The summed E-state index contributed by atoms with van der Waals surface area (Å²) in [5.41, 5.74) is 7.51. The minimum absolute atomic E-state index is 0.0508. The number of nitrogens with two attached hydrogens (primary N) is 1. The van der Waals surface area contributed by atoms with Crippen molar-refractivity contribution in [2.45, 2.75) is 37.8 Å². The number of aromatic nitrogens is 1. The van der Waals surface area contributed by atoms with Crippen LogP contribution in [0.1, 0.15) is 31.7 Å². The molecule has 1 heterocycles. The first-order chi connectivity index (χ1) is 9.02. The number of esters is 1. The number of H-pyrrole nitrogens is 1. The van der Waals surface area contributed by atoms with E-state index in [-0.39, 0.29) is 18.0 Å². The molecule has 3 rings (SSSR count). The Bertz CT molecular complexity index is 632. The molecule has 1 saturated carbocycles. The molecule has 2 unspecified atom stereocenters. The number of nitrogens with one attached hydrogen (secondary N) is 1. The lowest BCUT2D eigenvalue weighted by Gasteiger charge is -2.13. The van der Waals surface area contributed by atoms with E-state index in [4.69, 9.17) is 10.5 Å². The Kier molecular flexibility index (Phi) is 2.64. The maximum atomic E-state index is 12.0. The molecule has 0 bridgehead atoms. The highest BCUT2D eigenvalue weighted by atomic mass is 16.5. The van der Waals surface area contributed by atoms with Crippen LogP contribution in [0.5, 0.6) is 0 Å². The van der Waals surface area contributed by atoms with E-state index in [1.807, 2.05) is 44.3 Å². The molecule has 100 valence electrons. The summed E-state index contributed by atoms with van der Waals surface area (Å²) in [5, 5.41) is 1.14. The van der Waals surface area contributed by atoms with E-state index in [9.17, 15) is 4.79 Å². The molecule has 2 aromatic rings. The van der Waals surface area contributed by atoms with Gasteiger partial charge in [0, 0.05) is 23.0 Å². The average Bonchev–Trinajstić information content (AvgIpc) is 2.88. The maximum absolute atomic E-state index is 12.0. The zero-order chi connectivity index (χ0) is 13.6. The van der Waals surface area contributed by atoms with Gasteiger partial charge < -0.3 is 15.5 Å². The molecule has 2 atom stereocenters. The van der Waals surface area contributed by atoms with E-state index in [1.165, 1.54) is 0 Å². The minimum Gasteiger partial charge on any atom is -0.462 e. The fourth-order valence-electron chi connectivity index (χ4n) is 2.60. The molecule has 0 saturated heterocycles. The summed E-state index contributed by atoms with van der Waals surface area (Å²) < 4.78 is 5.24. The van der Waals surface area contributed by atoms with E-state index in [1.54, 1.807) is 0 Å². The predicted octanol–water partition coefficient (Wildman–Crippen LogP) is 2.30. The van der Waals surface area contributed by atoms with Crippen molar-refractivity contribution in [3.05, 3.63) is 36.0 Å². The Hall–Kier alpha value is -1.81. The molecule has 1 fully saturated rings. The van der Waals surface area contributed by atoms with Crippen molar-refractivity contribution in [3.63, 3.8) is 0 Å². The number of carbonyl (C=O) groups excluding carboxylic acids is 1. The van der Waals surface area contributed by atoms with Gasteiger partial charge in [0.25, 0.3) is 0 Å². The summed E-state index contributed by atoms with van der Waals surface area (Å²) in [7, 11) is 0. The van der Waals surface area contributed by atoms with Crippen LogP contribution in [0.15, 0.2) is 30.5 Å². The number of rotatable bonds is 3. The third-order valence-electron chi connectivity index (χ3n) is 3.72. The third-order valence-corrected chi connectivity index (χ3v) is 3.72. The summed E-state index contributed by atoms with van der Waals surface area (Å²) in [5.74, 6) is -0.243. The van der Waals surface area contributed by atoms with Gasteiger partial charge >= 0.3 is 5.97 Å². The second-order valence-electron chi connectivity index (χ2n) is 5.54. The number of hydrogen-bond donors (Lipinski definition) is 2. The number of carbonyl (C=O) groups is 1. The van der Waals surface area contributed by atoms with Gasteiger partial charge in [0.1, 0.15) is 5.54 Å². The first kappa shape index (κ1) is 12.2. The first-order valence-corrected chi connectivity index (χ1v) is 6.58. The Balaban J connectivity index is 1.88. The number of para-hydroxylation sites is 1. The fourth-order valence-corrected chi connectivity index (χ4v) is 2.60. The highest BCUT2D eigenvalue weighted by molar-refractivity contribution is 5.91. The summed E-state index contributed by atoms with van der Waals surface area (Å²) in [6, 6.07) is 8.05. The highest BCUT2D eigenvalue weighted by Gasteiger charge is 2.59. The summed E-state index contributed by atoms with van der Waals surface area (Å²) in [4.78, 5) is 15.2. The van der Waals surface area contributed by atoms with Gasteiger partial charge in [-0.2, -0.15) is 0 Å². The Morgan fingerprint density at radius 3 is 2.95 bits per heavy atom. The van der Waals surface area contributed by atoms with Gasteiger partial charge in [-0.3, -0.25) is 4.79 Å². The van der Waals surface area contributed by atoms with Crippen molar-refractivity contribution in [1.82, 2.24) is 4.98 Å². The van der Waals surface area contributed by atoms with E-state index in [0.717, 1.165) is 16.5 Å². The Labute approximate surface area is 111 Å². The molecule has 0 aliphatic heterocycles.